The monoisotopic (exact) mass is 322 g/mol. The minimum atomic E-state index is -0.651. The van der Waals surface area contributed by atoms with E-state index in [-0.39, 0.29) is 24.4 Å². The lowest BCUT2D eigenvalue weighted by molar-refractivity contribution is 0.0445. The van der Waals surface area contributed by atoms with Gasteiger partial charge in [0, 0.05) is 19.7 Å². The van der Waals surface area contributed by atoms with Gasteiger partial charge in [-0.25, -0.2) is 14.2 Å². The molecule has 0 saturated heterocycles. The third-order valence-electron chi connectivity index (χ3n) is 2.96. The number of nitrogens with zero attached hydrogens (tertiary/aromatic N) is 6. The van der Waals surface area contributed by atoms with Crippen LogP contribution in [0.25, 0.3) is 0 Å². The second kappa shape index (κ2) is 8.13. The number of ether oxygens (including phenoxy) is 2. The maximum absolute atomic E-state index is 12.0. The van der Waals surface area contributed by atoms with E-state index in [0.717, 1.165) is 11.1 Å². The van der Waals surface area contributed by atoms with E-state index in [4.69, 9.17) is 9.47 Å². The number of methoxy groups -OCH3 is 1. The number of aryl methyl sites for hydroxylation is 1. The molecule has 2 rings (SSSR count). The van der Waals surface area contributed by atoms with Crippen molar-refractivity contribution in [3.63, 3.8) is 0 Å². The van der Waals surface area contributed by atoms with E-state index in [2.05, 4.69) is 20.6 Å². The Morgan fingerprint density at radius 3 is 2.83 bits per heavy atom. The van der Waals surface area contributed by atoms with Crippen LogP contribution in [0.15, 0.2) is 16.9 Å². The second-order valence-corrected chi connectivity index (χ2v) is 4.67. The van der Waals surface area contributed by atoms with E-state index in [1.54, 1.807) is 4.68 Å². The summed E-state index contributed by atoms with van der Waals surface area (Å²) in [4.78, 5) is 23.7. The van der Waals surface area contributed by atoms with Crippen LogP contribution in [0, 0.1) is 0 Å². The van der Waals surface area contributed by atoms with E-state index in [1.807, 2.05) is 6.92 Å². The van der Waals surface area contributed by atoms with Crippen molar-refractivity contribution in [2.75, 3.05) is 13.7 Å². The van der Waals surface area contributed by atoms with Gasteiger partial charge in [0.1, 0.15) is 0 Å². The topological polar surface area (TPSA) is 114 Å². The quantitative estimate of drug-likeness (QED) is 0.605. The first-order valence-electron chi connectivity index (χ1n) is 7.15. The molecule has 0 aliphatic heterocycles. The van der Waals surface area contributed by atoms with Gasteiger partial charge in [0.25, 0.3) is 5.56 Å². The van der Waals surface area contributed by atoms with Crippen LogP contribution in [0.5, 0.6) is 0 Å². The Morgan fingerprint density at radius 2 is 2.09 bits per heavy atom. The summed E-state index contributed by atoms with van der Waals surface area (Å²) in [5.74, 6) is -0.199. The summed E-state index contributed by atoms with van der Waals surface area (Å²) in [6.07, 6.45) is 0.859. The van der Waals surface area contributed by atoms with Gasteiger partial charge in [-0.2, -0.15) is 5.10 Å². The van der Waals surface area contributed by atoms with Crippen LogP contribution in [-0.2, 0) is 29.2 Å². The van der Waals surface area contributed by atoms with Crippen molar-refractivity contribution >= 4 is 5.97 Å². The summed E-state index contributed by atoms with van der Waals surface area (Å²) in [5.41, 5.74) is -0.277. The Balaban J connectivity index is 2.03. The number of tetrazole rings is 1. The molecule has 0 amide bonds. The van der Waals surface area contributed by atoms with Gasteiger partial charge < -0.3 is 9.47 Å². The van der Waals surface area contributed by atoms with Crippen molar-refractivity contribution in [3.05, 3.63) is 34.0 Å². The minimum Gasteiger partial charge on any atom is -0.453 e. The molecule has 0 saturated carbocycles. The average molecular weight is 322 g/mol. The first-order valence-corrected chi connectivity index (χ1v) is 7.15. The Morgan fingerprint density at radius 1 is 1.26 bits per heavy atom. The van der Waals surface area contributed by atoms with Crippen LogP contribution >= 0.6 is 0 Å². The standard InChI is InChI=1S/C13H18N6O4/c1-3-6-18-11(14-16-17-18)9-23-13(21)10-4-5-12(20)19(15-10)7-8-22-2/h4-5H,3,6-9H2,1-2H3. The third kappa shape index (κ3) is 4.42. The summed E-state index contributed by atoms with van der Waals surface area (Å²) in [5, 5.41) is 15.1. The van der Waals surface area contributed by atoms with Crippen molar-refractivity contribution in [2.45, 2.75) is 33.0 Å². The normalized spacial score (nSPS) is 10.7. The molecule has 0 atom stereocenters. The zero-order chi connectivity index (χ0) is 16.7. The van der Waals surface area contributed by atoms with Gasteiger partial charge >= 0.3 is 5.97 Å². The molecule has 10 nitrogen and oxygen atoms in total. The Bertz CT molecular complexity index is 710. The molecule has 0 bridgehead atoms. The molecule has 2 heterocycles. The summed E-state index contributed by atoms with van der Waals surface area (Å²) >= 11 is 0. The highest BCUT2D eigenvalue weighted by molar-refractivity contribution is 5.86. The smallest absolute Gasteiger partial charge is 0.359 e. The Kier molecular flexibility index (Phi) is 5.92. The van der Waals surface area contributed by atoms with Gasteiger partial charge in [0.05, 0.1) is 13.2 Å². The minimum absolute atomic E-state index is 0.0372. The second-order valence-electron chi connectivity index (χ2n) is 4.67. The summed E-state index contributed by atoms with van der Waals surface area (Å²) in [6, 6.07) is 2.59. The lowest BCUT2D eigenvalue weighted by Gasteiger charge is -2.07. The van der Waals surface area contributed by atoms with Gasteiger partial charge in [-0.3, -0.25) is 4.79 Å². The number of carbonyl (C=O) groups is 1. The molecular formula is C13H18N6O4. The van der Waals surface area contributed by atoms with Crippen molar-refractivity contribution in [2.24, 2.45) is 0 Å². The molecule has 0 unspecified atom stereocenters. The molecule has 23 heavy (non-hydrogen) atoms. The van der Waals surface area contributed by atoms with Crippen molar-refractivity contribution < 1.29 is 14.3 Å². The molecule has 0 N–H and O–H groups in total. The van der Waals surface area contributed by atoms with Gasteiger partial charge in [-0.1, -0.05) is 6.92 Å². The first kappa shape index (κ1) is 16.7. The number of esters is 1. The molecule has 0 aliphatic carbocycles. The van der Waals surface area contributed by atoms with Crippen molar-refractivity contribution in [3.8, 4) is 0 Å². The van der Waals surface area contributed by atoms with Crippen LogP contribution < -0.4 is 5.56 Å². The molecule has 2 aromatic rings. The summed E-state index contributed by atoms with van der Waals surface area (Å²) in [6.45, 7) is 3.14. The first-order chi connectivity index (χ1) is 11.2. The fraction of sp³-hybridized carbons (Fsp3) is 0.538. The summed E-state index contributed by atoms with van der Waals surface area (Å²) in [7, 11) is 1.52. The van der Waals surface area contributed by atoms with E-state index < -0.39 is 5.97 Å². The molecule has 2 aromatic heterocycles. The Hall–Kier alpha value is -2.62. The number of hydrogen-bond donors (Lipinski definition) is 0. The van der Waals surface area contributed by atoms with Crippen molar-refractivity contribution in [1.82, 2.24) is 30.0 Å². The lowest BCUT2D eigenvalue weighted by atomic mass is 10.4. The molecule has 0 aromatic carbocycles. The molecule has 10 heteroatoms. The molecule has 124 valence electrons. The number of carbonyl (C=O) groups excluding carboxylic acids is 1. The van der Waals surface area contributed by atoms with E-state index in [0.29, 0.717) is 19.0 Å². The maximum Gasteiger partial charge on any atom is 0.359 e. The molecule has 0 spiro atoms. The van der Waals surface area contributed by atoms with E-state index >= 15 is 0 Å². The van der Waals surface area contributed by atoms with Crippen LogP contribution in [-0.4, -0.2) is 49.7 Å². The van der Waals surface area contributed by atoms with Crippen LogP contribution in [0.2, 0.25) is 0 Å². The van der Waals surface area contributed by atoms with Crippen LogP contribution in [0.3, 0.4) is 0 Å². The van der Waals surface area contributed by atoms with Crippen LogP contribution in [0.1, 0.15) is 29.7 Å². The lowest BCUT2D eigenvalue weighted by Crippen LogP contribution is -2.26. The third-order valence-corrected chi connectivity index (χ3v) is 2.96. The Labute approximate surface area is 132 Å². The number of hydrogen-bond acceptors (Lipinski definition) is 8. The average Bonchev–Trinajstić information content (AvgIpc) is 2.99. The zero-order valence-corrected chi connectivity index (χ0v) is 13.0. The van der Waals surface area contributed by atoms with Gasteiger partial charge in [0.15, 0.2) is 18.1 Å². The predicted octanol–water partition coefficient (Wildman–Crippen LogP) is -0.357. The highest BCUT2D eigenvalue weighted by atomic mass is 16.5. The summed E-state index contributed by atoms with van der Waals surface area (Å²) < 4.78 is 12.8. The molecule has 0 aliphatic rings. The fourth-order valence-electron chi connectivity index (χ4n) is 1.81. The van der Waals surface area contributed by atoms with Gasteiger partial charge in [0.2, 0.25) is 0 Å². The fourth-order valence-corrected chi connectivity index (χ4v) is 1.81. The van der Waals surface area contributed by atoms with E-state index in [1.165, 1.54) is 19.2 Å². The largest absolute Gasteiger partial charge is 0.453 e. The highest BCUT2D eigenvalue weighted by Gasteiger charge is 2.14. The van der Waals surface area contributed by atoms with Gasteiger partial charge in [-0.05, 0) is 22.9 Å². The number of rotatable bonds is 8. The predicted molar refractivity (Wildman–Crippen MR) is 77.6 cm³/mol. The number of aromatic nitrogens is 6. The zero-order valence-electron chi connectivity index (χ0n) is 13.0. The maximum atomic E-state index is 12.0. The molecule has 0 radical (unpaired) electrons. The molecular weight excluding hydrogens is 304 g/mol. The molecule has 0 fully saturated rings. The van der Waals surface area contributed by atoms with Crippen molar-refractivity contribution in [1.29, 1.82) is 0 Å². The highest BCUT2D eigenvalue weighted by Crippen LogP contribution is 2.01. The van der Waals surface area contributed by atoms with Gasteiger partial charge in [-0.15, -0.1) is 5.10 Å². The SMILES string of the molecule is CCCn1nnnc1COC(=O)c1ccc(=O)n(CCOC)n1. The van der Waals surface area contributed by atoms with Crippen LogP contribution in [0.4, 0.5) is 0 Å². The van der Waals surface area contributed by atoms with E-state index in [9.17, 15) is 9.59 Å².